The number of pyridine rings is 1. The number of hydrogen-bond donors (Lipinski definition) is 1. The maximum Gasteiger partial charge on any atom is 0.326 e. The van der Waals surface area contributed by atoms with Gasteiger partial charge < -0.3 is 10.5 Å². The third-order valence-electron chi connectivity index (χ3n) is 1.43. The molecule has 0 aromatic carbocycles. The van der Waals surface area contributed by atoms with Crippen LogP contribution in [0.1, 0.15) is 0 Å². The zero-order valence-electron chi connectivity index (χ0n) is 7.16. The van der Waals surface area contributed by atoms with E-state index in [1.54, 1.807) is 24.5 Å². The summed E-state index contributed by atoms with van der Waals surface area (Å²) in [5, 5.41) is 0. The van der Waals surface area contributed by atoms with Gasteiger partial charge in [0.15, 0.2) is 0 Å². The lowest BCUT2D eigenvalue weighted by Gasteiger charge is -2.01. The Labute approximate surface area is 79.8 Å². The summed E-state index contributed by atoms with van der Waals surface area (Å²) in [7, 11) is 0. The topological polar surface area (TPSA) is 86.8 Å². The van der Waals surface area contributed by atoms with Gasteiger partial charge in [-0.1, -0.05) is 0 Å². The highest BCUT2D eigenvalue weighted by molar-refractivity contribution is 5.22. The first-order valence-electron chi connectivity index (χ1n) is 3.87. The van der Waals surface area contributed by atoms with E-state index in [1.807, 2.05) is 0 Å². The van der Waals surface area contributed by atoms with Crippen molar-refractivity contribution in [2.45, 2.75) is 0 Å². The number of anilines is 1. The minimum Gasteiger partial charge on any atom is -0.424 e. The van der Waals surface area contributed by atoms with E-state index in [-0.39, 0.29) is 12.0 Å². The molecular formula is C8H7N5O. The number of ether oxygens (including phenoxy) is 1. The van der Waals surface area contributed by atoms with Crippen molar-refractivity contribution in [3.05, 3.63) is 30.9 Å². The van der Waals surface area contributed by atoms with Crippen LogP contribution in [0.3, 0.4) is 0 Å². The Morgan fingerprint density at radius 1 is 1.14 bits per heavy atom. The summed E-state index contributed by atoms with van der Waals surface area (Å²) >= 11 is 0. The van der Waals surface area contributed by atoms with Crippen LogP contribution in [0.4, 0.5) is 5.95 Å². The lowest BCUT2D eigenvalue weighted by atomic mass is 10.5. The van der Waals surface area contributed by atoms with Gasteiger partial charge in [-0.25, -0.2) is 4.98 Å². The lowest BCUT2D eigenvalue weighted by Crippen LogP contribution is -1.98. The molecule has 70 valence electrons. The van der Waals surface area contributed by atoms with Crippen LogP contribution in [-0.4, -0.2) is 19.9 Å². The molecule has 0 atom stereocenters. The Bertz CT molecular complexity index is 419. The molecule has 2 heterocycles. The van der Waals surface area contributed by atoms with E-state index in [4.69, 9.17) is 10.5 Å². The molecule has 0 bridgehead atoms. The minimum atomic E-state index is 0.129. The van der Waals surface area contributed by atoms with Gasteiger partial charge in [-0.15, -0.1) is 0 Å². The molecule has 0 radical (unpaired) electrons. The first-order chi connectivity index (χ1) is 6.84. The quantitative estimate of drug-likeness (QED) is 0.745. The van der Waals surface area contributed by atoms with E-state index in [2.05, 4.69) is 19.9 Å². The summed E-state index contributed by atoms with van der Waals surface area (Å²) in [4.78, 5) is 15.1. The molecule has 0 saturated carbocycles. The molecule has 2 N–H and O–H groups in total. The highest BCUT2D eigenvalue weighted by atomic mass is 16.5. The zero-order chi connectivity index (χ0) is 9.80. The second kappa shape index (κ2) is 3.65. The molecule has 0 spiro atoms. The highest BCUT2D eigenvalue weighted by Gasteiger charge is 1.99. The Hall–Kier alpha value is -2.24. The SMILES string of the molecule is Nc1ncnc(Oc2ccncc2)n1. The van der Waals surface area contributed by atoms with Crippen LogP contribution in [0.5, 0.6) is 11.8 Å². The standard InChI is InChI=1S/C8H7N5O/c9-7-11-5-12-8(13-7)14-6-1-3-10-4-2-6/h1-5H,(H2,9,11,12,13). The lowest BCUT2D eigenvalue weighted by molar-refractivity contribution is 0.440. The predicted octanol–water partition coefficient (Wildman–Crippen LogP) is 0.641. The molecule has 0 aliphatic carbocycles. The molecule has 0 saturated heterocycles. The first-order valence-corrected chi connectivity index (χ1v) is 3.87. The molecule has 0 amide bonds. The van der Waals surface area contributed by atoms with Gasteiger partial charge in [-0.3, -0.25) is 4.98 Å². The van der Waals surface area contributed by atoms with Crippen molar-refractivity contribution in [2.24, 2.45) is 0 Å². The molecule has 6 heteroatoms. The van der Waals surface area contributed by atoms with Crippen molar-refractivity contribution in [2.75, 3.05) is 5.73 Å². The Morgan fingerprint density at radius 3 is 2.64 bits per heavy atom. The number of rotatable bonds is 2. The number of aromatic nitrogens is 4. The third kappa shape index (κ3) is 1.92. The van der Waals surface area contributed by atoms with Crippen molar-refractivity contribution < 1.29 is 4.74 Å². The third-order valence-corrected chi connectivity index (χ3v) is 1.43. The van der Waals surface area contributed by atoms with Crippen molar-refractivity contribution in [1.29, 1.82) is 0 Å². The average Bonchev–Trinajstić information content (AvgIpc) is 2.19. The molecule has 0 unspecified atom stereocenters. The van der Waals surface area contributed by atoms with Gasteiger partial charge in [0.1, 0.15) is 12.1 Å². The molecule has 0 aliphatic heterocycles. The largest absolute Gasteiger partial charge is 0.424 e. The monoisotopic (exact) mass is 189 g/mol. The fourth-order valence-corrected chi connectivity index (χ4v) is 0.854. The number of nitrogens with zero attached hydrogens (tertiary/aromatic N) is 4. The van der Waals surface area contributed by atoms with Crippen LogP contribution < -0.4 is 10.5 Å². The molecule has 14 heavy (non-hydrogen) atoms. The zero-order valence-corrected chi connectivity index (χ0v) is 7.16. The minimum absolute atomic E-state index is 0.129. The summed E-state index contributed by atoms with van der Waals surface area (Å²) in [6.07, 6.45) is 4.51. The van der Waals surface area contributed by atoms with E-state index in [0.29, 0.717) is 5.75 Å². The summed E-state index contributed by atoms with van der Waals surface area (Å²) in [5.74, 6) is 0.731. The van der Waals surface area contributed by atoms with Gasteiger partial charge in [0.25, 0.3) is 0 Å². The van der Waals surface area contributed by atoms with Gasteiger partial charge in [0.05, 0.1) is 0 Å². The molecule has 6 nitrogen and oxygen atoms in total. The maximum absolute atomic E-state index is 5.36. The van der Waals surface area contributed by atoms with Gasteiger partial charge in [-0.05, 0) is 12.1 Å². The number of nitrogen functional groups attached to an aromatic ring is 1. The van der Waals surface area contributed by atoms with Crippen molar-refractivity contribution >= 4 is 5.95 Å². The summed E-state index contributed by atoms with van der Waals surface area (Å²) < 4.78 is 5.28. The smallest absolute Gasteiger partial charge is 0.326 e. The summed E-state index contributed by atoms with van der Waals surface area (Å²) in [6, 6.07) is 3.56. The Balaban J connectivity index is 2.19. The second-order valence-electron chi connectivity index (χ2n) is 2.41. The molecule has 0 aliphatic rings. The van der Waals surface area contributed by atoms with Gasteiger partial charge in [0.2, 0.25) is 5.95 Å². The van der Waals surface area contributed by atoms with Crippen LogP contribution in [0.25, 0.3) is 0 Å². The van der Waals surface area contributed by atoms with E-state index >= 15 is 0 Å². The van der Waals surface area contributed by atoms with E-state index in [9.17, 15) is 0 Å². The summed E-state index contributed by atoms with van der Waals surface area (Å²) in [6.45, 7) is 0. The van der Waals surface area contributed by atoms with Gasteiger partial charge in [-0.2, -0.15) is 9.97 Å². The fraction of sp³-hybridized carbons (Fsp3) is 0. The normalized spacial score (nSPS) is 9.71. The van der Waals surface area contributed by atoms with Crippen LogP contribution in [0.15, 0.2) is 30.9 Å². The molecule has 0 fully saturated rings. The molecule has 2 aromatic heterocycles. The number of hydrogen-bond acceptors (Lipinski definition) is 6. The maximum atomic E-state index is 5.36. The second-order valence-corrected chi connectivity index (χ2v) is 2.41. The van der Waals surface area contributed by atoms with E-state index in [0.717, 1.165) is 0 Å². The summed E-state index contributed by atoms with van der Waals surface area (Å²) in [5.41, 5.74) is 5.36. The Morgan fingerprint density at radius 2 is 1.93 bits per heavy atom. The highest BCUT2D eigenvalue weighted by Crippen LogP contribution is 2.14. The van der Waals surface area contributed by atoms with Gasteiger partial charge >= 0.3 is 6.01 Å². The van der Waals surface area contributed by atoms with Crippen molar-refractivity contribution in [1.82, 2.24) is 19.9 Å². The number of nitrogens with two attached hydrogens (primary N) is 1. The van der Waals surface area contributed by atoms with E-state index < -0.39 is 0 Å². The molecule has 2 rings (SSSR count). The predicted molar refractivity (Wildman–Crippen MR) is 48.6 cm³/mol. The van der Waals surface area contributed by atoms with Crippen LogP contribution >= 0.6 is 0 Å². The van der Waals surface area contributed by atoms with Crippen LogP contribution in [0.2, 0.25) is 0 Å². The van der Waals surface area contributed by atoms with Gasteiger partial charge in [0, 0.05) is 12.4 Å². The Kier molecular flexibility index (Phi) is 2.18. The fourth-order valence-electron chi connectivity index (χ4n) is 0.854. The van der Waals surface area contributed by atoms with E-state index in [1.165, 1.54) is 6.33 Å². The van der Waals surface area contributed by atoms with Crippen molar-refractivity contribution in [3.63, 3.8) is 0 Å². The average molecular weight is 189 g/mol. The van der Waals surface area contributed by atoms with Crippen molar-refractivity contribution in [3.8, 4) is 11.8 Å². The first kappa shape index (κ1) is 8.36. The van der Waals surface area contributed by atoms with Crippen LogP contribution in [-0.2, 0) is 0 Å². The van der Waals surface area contributed by atoms with Crippen LogP contribution in [0, 0.1) is 0 Å². The molecule has 2 aromatic rings. The molecular weight excluding hydrogens is 182 g/mol.